The molecule has 158 valence electrons. The third-order valence-electron chi connectivity index (χ3n) is 3.41. The van der Waals surface area contributed by atoms with Gasteiger partial charge in [-0.25, -0.2) is 4.57 Å². The molecule has 0 aliphatic heterocycles. The Kier molecular flexibility index (Phi) is 10.6. The van der Waals surface area contributed by atoms with Crippen LogP contribution in [0.2, 0.25) is 0 Å². The Balaban J connectivity index is 6.13. The van der Waals surface area contributed by atoms with E-state index in [-0.39, 0.29) is 16.7 Å². The Labute approximate surface area is 171 Å². The molecule has 3 atom stereocenters. The SMILES string of the molecule is C=CC(OP(=O)(OC(C=C)C(=O)C(=C)C)OC(C=C)C(=O)C(=C)C)C(=O)C(=C)C. The molecule has 0 aromatic carbocycles. The zero-order chi connectivity index (χ0) is 22.9. The van der Waals surface area contributed by atoms with E-state index < -0.39 is 43.5 Å². The van der Waals surface area contributed by atoms with Crippen molar-refractivity contribution in [2.75, 3.05) is 0 Å². The number of hydrogen-bond donors (Lipinski definition) is 0. The van der Waals surface area contributed by atoms with E-state index >= 15 is 0 Å². The van der Waals surface area contributed by atoms with Crippen LogP contribution in [0.25, 0.3) is 0 Å². The van der Waals surface area contributed by atoms with Crippen LogP contribution in [0.1, 0.15) is 20.8 Å². The molecule has 0 bridgehead atoms. The molecule has 0 saturated heterocycles. The van der Waals surface area contributed by atoms with Crippen molar-refractivity contribution in [2.24, 2.45) is 0 Å². The predicted molar refractivity (Wildman–Crippen MR) is 112 cm³/mol. The molecular formula is C21H27O7P. The number of phosphoric acid groups is 1. The molecule has 8 heteroatoms. The van der Waals surface area contributed by atoms with Gasteiger partial charge >= 0.3 is 7.82 Å². The van der Waals surface area contributed by atoms with Crippen LogP contribution in [-0.2, 0) is 32.5 Å². The maximum Gasteiger partial charge on any atom is 0.477 e. The molecule has 29 heavy (non-hydrogen) atoms. The summed E-state index contributed by atoms with van der Waals surface area (Å²) in [6.07, 6.45) is -1.21. The summed E-state index contributed by atoms with van der Waals surface area (Å²) in [5.74, 6) is -1.93. The molecule has 0 rings (SSSR count). The lowest BCUT2D eigenvalue weighted by atomic mass is 10.1. The van der Waals surface area contributed by atoms with Crippen molar-refractivity contribution in [2.45, 2.75) is 39.1 Å². The first-order valence-electron chi connectivity index (χ1n) is 8.45. The van der Waals surface area contributed by atoms with Gasteiger partial charge in [0.15, 0.2) is 17.3 Å². The first kappa shape index (κ1) is 26.6. The summed E-state index contributed by atoms with van der Waals surface area (Å²) < 4.78 is 29.1. The van der Waals surface area contributed by atoms with Crippen LogP contribution in [0, 0.1) is 0 Å². The molecule has 0 spiro atoms. The van der Waals surface area contributed by atoms with E-state index in [1.165, 1.54) is 20.8 Å². The lowest BCUT2D eigenvalue weighted by Crippen LogP contribution is -2.29. The standard InChI is InChI=1S/C21H27O7P/c1-10-16(19(22)13(4)5)26-29(25,27-17(11-2)20(23)14(6)7)28-18(12-3)21(24)15(8)9/h10-12,16-18H,1-4,6,8H2,5,7,9H3. The molecule has 0 aliphatic carbocycles. The molecule has 0 aromatic heterocycles. The van der Waals surface area contributed by atoms with E-state index in [1.54, 1.807) is 0 Å². The molecule has 0 fully saturated rings. The molecule has 0 aliphatic rings. The van der Waals surface area contributed by atoms with Crippen molar-refractivity contribution in [1.29, 1.82) is 0 Å². The number of phosphoric ester groups is 1. The number of carbonyl (C=O) groups is 3. The summed E-state index contributed by atoms with van der Waals surface area (Å²) in [6, 6.07) is 0. The van der Waals surface area contributed by atoms with E-state index in [2.05, 4.69) is 39.5 Å². The maximum atomic E-state index is 13.3. The Morgan fingerprint density at radius 3 is 1.00 bits per heavy atom. The lowest BCUT2D eigenvalue weighted by Gasteiger charge is -2.26. The molecule has 0 heterocycles. The number of Topliss-reactive ketones (excluding diaryl/α,β-unsaturated/α-hetero) is 3. The minimum absolute atomic E-state index is 0.0954. The van der Waals surface area contributed by atoms with E-state index in [0.717, 1.165) is 18.2 Å². The van der Waals surface area contributed by atoms with Gasteiger partial charge in [-0.3, -0.25) is 28.0 Å². The first-order chi connectivity index (χ1) is 13.3. The van der Waals surface area contributed by atoms with Gasteiger partial charge < -0.3 is 0 Å². The van der Waals surface area contributed by atoms with Crippen LogP contribution in [0.5, 0.6) is 0 Å². The van der Waals surface area contributed by atoms with Gasteiger partial charge in [0, 0.05) is 0 Å². The molecule has 0 amide bonds. The van der Waals surface area contributed by atoms with Gasteiger partial charge in [0.2, 0.25) is 0 Å². The van der Waals surface area contributed by atoms with Gasteiger partial charge in [-0.2, -0.15) is 0 Å². The molecular weight excluding hydrogens is 395 g/mol. The summed E-state index contributed by atoms with van der Waals surface area (Å²) in [7, 11) is -4.72. The molecule has 0 radical (unpaired) electrons. The van der Waals surface area contributed by atoms with Crippen LogP contribution in [0.4, 0.5) is 0 Å². The quantitative estimate of drug-likeness (QED) is 0.221. The summed E-state index contributed by atoms with van der Waals surface area (Å²) in [5.41, 5.74) is 0.286. The van der Waals surface area contributed by atoms with Crippen LogP contribution in [0.15, 0.2) is 74.4 Å². The molecule has 3 unspecified atom stereocenters. The van der Waals surface area contributed by atoms with Gasteiger partial charge in [0.25, 0.3) is 0 Å². The van der Waals surface area contributed by atoms with Gasteiger partial charge in [-0.15, -0.1) is 19.7 Å². The minimum Gasteiger partial charge on any atom is -0.291 e. The van der Waals surface area contributed by atoms with E-state index in [4.69, 9.17) is 13.6 Å². The fraction of sp³-hybridized carbons (Fsp3) is 0.286. The summed E-state index contributed by atoms with van der Waals surface area (Å²) in [4.78, 5) is 36.6. The van der Waals surface area contributed by atoms with Crippen molar-refractivity contribution in [3.63, 3.8) is 0 Å². The Morgan fingerprint density at radius 1 is 0.655 bits per heavy atom. The second-order valence-electron chi connectivity index (χ2n) is 6.17. The normalized spacial score (nSPS) is 15.7. The molecule has 0 aromatic rings. The summed E-state index contributed by atoms with van der Waals surface area (Å²) >= 11 is 0. The third kappa shape index (κ3) is 7.83. The van der Waals surface area contributed by atoms with Gasteiger partial charge in [-0.05, 0) is 37.5 Å². The highest BCUT2D eigenvalue weighted by molar-refractivity contribution is 7.48. The summed E-state index contributed by atoms with van der Waals surface area (Å²) in [6.45, 7) is 25.1. The number of rotatable bonds is 15. The smallest absolute Gasteiger partial charge is 0.291 e. The Hall–Kier alpha value is -2.44. The average molecular weight is 422 g/mol. The number of ketones is 3. The lowest BCUT2D eigenvalue weighted by molar-refractivity contribution is -0.124. The van der Waals surface area contributed by atoms with Crippen molar-refractivity contribution < 1.29 is 32.5 Å². The second kappa shape index (κ2) is 11.5. The highest BCUT2D eigenvalue weighted by atomic mass is 31.2. The van der Waals surface area contributed by atoms with Gasteiger partial charge in [0.1, 0.15) is 18.3 Å². The van der Waals surface area contributed by atoms with E-state index in [0.29, 0.717) is 0 Å². The monoisotopic (exact) mass is 422 g/mol. The Morgan fingerprint density at radius 2 is 0.862 bits per heavy atom. The van der Waals surface area contributed by atoms with Gasteiger partial charge in [0.05, 0.1) is 0 Å². The predicted octanol–water partition coefficient (Wildman–Crippen LogP) is 4.24. The number of hydrogen-bond acceptors (Lipinski definition) is 7. The fourth-order valence-corrected chi connectivity index (χ4v) is 3.34. The van der Waals surface area contributed by atoms with Gasteiger partial charge in [-0.1, -0.05) is 38.0 Å². The maximum absolute atomic E-state index is 13.3. The highest BCUT2D eigenvalue weighted by Gasteiger charge is 2.40. The zero-order valence-electron chi connectivity index (χ0n) is 17.0. The molecule has 0 N–H and O–H groups in total. The van der Waals surface area contributed by atoms with Crippen molar-refractivity contribution in [3.8, 4) is 0 Å². The van der Waals surface area contributed by atoms with Crippen molar-refractivity contribution in [3.05, 3.63) is 74.4 Å². The van der Waals surface area contributed by atoms with Crippen molar-refractivity contribution >= 4 is 25.2 Å². The van der Waals surface area contributed by atoms with E-state index in [9.17, 15) is 18.9 Å². The summed E-state index contributed by atoms with van der Waals surface area (Å²) in [5, 5.41) is 0. The third-order valence-corrected chi connectivity index (χ3v) is 4.86. The van der Waals surface area contributed by atoms with Crippen LogP contribution in [-0.4, -0.2) is 35.7 Å². The minimum atomic E-state index is -4.72. The zero-order valence-corrected chi connectivity index (χ0v) is 17.9. The number of carbonyl (C=O) groups excluding carboxylic acids is 3. The molecule has 7 nitrogen and oxygen atoms in total. The Bertz CT molecular complexity index is 701. The highest BCUT2D eigenvalue weighted by Crippen LogP contribution is 2.53. The fourth-order valence-electron chi connectivity index (χ4n) is 1.81. The second-order valence-corrected chi connectivity index (χ2v) is 7.69. The molecule has 0 saturated carbocycles. The van der Waals surface area contributed by atoms with E-state index in [1.807, 2.05) is 0 Å². The first-order valence-corrected chi connectivity index (χ1v) is 9.91. The van der Waals surface area contributed by atoms with Crippen LogP contribution in [0.3, 0.4) is 0 Å². The topological polar surface area (TPSA) is 96.0 Å². The van der Waals surface area contributed by atoms with Crippen molar-refractivity contribution in [1.82, 2.24) is 0 Å². The average Bonchev–Trinajstić information content (AvgIpc) is 2.66. The largest absolute Gasteiger partial charge is 0.477 e. The van der Waals surface area contributed by atoms with Crippen LogP contribution < -0.4 is 0 Å². The van der Waals surface area contributed by atoms with Crippen LogP contribution >= 0.6 is 7.82 Å².